The van der Waals surface area contributed by atoms with Crippen molar-refractivity contribution >= 4 is 13.7 Å². The minimum atomic E-state index is -4.61. The lowest BCUT2D eigenvalue weighted by atomic mass is 10.0. The first-order valence-corrected chi connectivity index (χ1v) is 31.4. The largest absolute Gasteiger partial charge is 0.756 e. The molecule has 0 aliphatic rings. The van der Waals surface area contributed by atoms with Crippen molar-refractivity contribution in [3.8, 4) is 0 Å². The zero-order chi connectivity index (χ0) is 52.7. The quantitative estimate of drug-likeness (QED) is 0.0272. The van der Waals surface area contributed by atoms with Crippen molar-refractivity contribution in [3.63, 3.8) is 0 Å². The number of likely N-dealkylation sites (N-methyl/N-ethyl adjacent to an activating group) is 1. The Morgan fingerprint density at radius 3 is 1.29 bits per heavy atom. The highest BCUT2D eigenvalue weighted by Gasteiger charge is 2.23. The van der Waals surface area contributed by atoms with E-state index in [0.29, 0.717) is 17.4 Å². The number of quaternary nitrogens is 1. The maximum Gasteiger partial charge on any atom is 0.268 e. The van der Waals surface area contributed by atoms with Gasteiger partial charge in [-0.25, -0.2) is 0 Å². The van der Waals surface area contributed by atoms with Crippen LogP contribution in [0.1, 0.15) is 258 Å². The lowest BCUT2D eigenvalue weighted by Gasteiger charge is -2.29. The summed E-state index contributed by atoms with van der Waals surface area (Å²) in [5.41, 5.74) is 0. The van der Waals surface area contributed by atoms with Crippen LogP contribution in [0, 0.1) is 0 Å². The molecule has 2 N–H and O–H groups in total. The average Bonchev–Trinajstić information content (AvgIpc) is 3.34. The number of aliphatic hydroxyl groups excluding tert-OH is 1. The molecular formula is C63H115N2O6P. The molecule has 0 aliphatic heterocycles. The maximum absolute atomic E-state index is 13.0. The summed E-state index contributed by atoms with van der Waals surface area (Å²) >= 11 is 0. The summed E-state index contributed by atoms with van der Waals surface area (Å²) in [7, 11) is 1.23. The third kappa shape index (κ3) is 55.4. The van der Waals surface area contributed by atoms with Crippen LogP contribution in [0.25, 0.3) is 0 Å². The van der Waals surface area contributed by atoms with E-state index in [1.807, 2.05) is 27.2 Å². The van der Waals surface area contributed by atoms with Crippen LogP contribution in [0.15, 0.2) is 85.1 Å². The van der Waals surface area contributed by atoms with Crippen molar-refractivity contribution < 1.29 is 32.9 Å². The Hall–Kier alpha value is -2.32. The molecule has 0 bridgehead atoms. The van der Waals surface area contributed by atoms with Crippen LogP contribution >= 0.6 is 7.82 Å². The van der Waals surface area contributed by atoms with Gasteiger partial charge in [-0.1, -0.05) is 253 Å². The number of nitrogens with one attached hydrogen (secondary N) is 1. The van der Waals surface area contributed by atoms with E-state index >= 15 is 0 Å². The van der Waals surface area contributed by atoms with Crippen molar-refractivity contribution in [2.75, 3.05) is 40.9 Å². The van der Waals surface area contributed by atoms with Gasteiger partial charge in [-0.15, -0.1) is 0 Å². The van der Waals surface area contributed by atoms with Gasteiger partial charge in [0.25, 0.3) is 7.82 Å². The molecule has 0 saturated carbocycles. The lowest BCUT2D eigenvalue weighted by Crippen LogP contribution is -2.45. The maximum atomic E-state index is 13.0. The average molecular weight is 1030 g/mol. The zero-order valence-electron chi connectivity index (χ0n) is 47.6. The van der Waals surface area contributed by atoms with E-state index in [9.17, 15) is 19.4 Å². The van der Waals surface area contributed by atoms with E-state index < -0.39 is 26.6 Å². The number of carbonyl (C=O) groups is 1. The fraction of sp³-hybridized carbons (Fsp3) is 0.762. The molecule has 3 unspecified atom stereocenters. The minimum Gasteiger partial charge on any atom is -0.756 e. The molecule has 0 radical (unpaired) electrons. The highest BCUT2D eigenvalue weighted by Crippen LogP contribution is 2.38. The van der Waals surface area contributed by atoms with E-state index in [1.54, 1.807) is 6.08 Å². The summed E-state index contributed by atoms with van der Waals surface area (Å²) in [6.07, 6.45) is 75.4. The topological polar surface area (TPSA) is 108 Å². The molecule has 418 valence electrons. The summed E-state index contributed by atoms with van der Waals surface area (Å²) < 4.78 is 23.3. The monoisotopic (exact) mass is 1030 g/mol. The second-order valence-electron chi connectivity index (χ2n) is 21.3. The van der Waals surface area contributed by atoms with Crippen LogP contribution in [-0.4, -0.2) is 68.5 Å². The van der Waals surface area contributed by atoms with Gasteiger partial charge in [0.2, 0.25) is 5.91 Å². The van der Waals surface area contributed by atoms with Crippen molar-refractivity contribution in [3.05, 3.63) is 85.1 Å². The molecule has 0 spiro atoms. The Balaban J connectivity index is 4.03. The van der Waals surface area contributed by atoms with Crippen LogP contribution in [0.5, 0.6) is 0 Å². The zero-order valence-corrected chi connectivity index (χ0v) is 48.5. The van der Waals surface area contributed by atoms with Gasteiger partial charge in [0.1, 0.15) is 13.2 Å². The van der Waals surface area contributed by atoms with Crippen molar-refractivity contribution in [1.82, 2.24) is 5.32 Å². The molecule has 0 rings (SSSR count). The second-order valence-corrected chi connectivity index (χ2v) is 22.7. The molecule has 0 saturated heterocycles. The molecule has 0 heterocycles. The molecule has 3 atom stereocenters. The molecule has 0 aromatic carbocycles. The van der Waals surface area contributed by atoms with Gasteiger partial charge in [0.15, 0.2) is 0 Å². The number of phosphoric ester groups is 1. The number of aliphatic hydroxyl groups is 1. The van der Waals surface area contributed by atoms with Gasteiger partial charge in [-0.2, -0.15) is 0 Å². The van der Waals surface area contributed by atoms with Gasteiger partial charge < -0.3 is 28.8 Å². The van der Waals surface area contributed by atoms with Crippen molar-refractivity contribution in [1.29, 1.82) is 0 Å². The van der Waals surface area contributed by atoms with Crippen LogP contribution in [0.2, 0.25) is 0 Å². The number of phosphoric acid groups is 1. The van der Waals surface area contributed by atoms with Gasteiger partial charge in [0, 0.05) is 6.42 Å². The Kier molecular flexibility index (Phi) is 51.8. The van der Waals surface area contributed by atoms with E-state index in [4.69, 9.17) is 9.05 Å². The normalized spacial score (nSPS) is 14.5. The number of nitrogens with zero attached hydrogens (tertiary/aromatic N) is 1. The Morgan fingerprint density at radius 2 is 0.861 bits per heavy atom. The van der Waals surface area contributed by atoms with E-state index in [0.717, 1.165) is 70.6 Å². The Morgan fingerprint density at radius 1 is 0.500 bits per heavy atom. The first-order chi connectivity index (χ1) is 35.0. The summed E-state index contributed by atoms with van der Waals surface area (Å²) in [5.74, 6) is -0.211. The standard InChI is InChI=1S/C63H115N2O6P/c1-6-8-10-12-14-16-18-20-22-23-24-25-26-27-28-29-30-31-32-33-34-35-36-37-38-39-40-41-43-45-47-49-51-53-55-57-63(67)64-61(60-71-72(68,69)70-59-58-65(3,4)5)62(66)56-54-52-50-48-46-44-42-21-19-17-15-13-11-9-7-2/h8,10,14,16,19-22,24-25,46,48,54,56,61-62,66H,6-7,9,11-13,15,17-18,23,26-45,47,49-53,55,57-60H2,1-5H3,(H-,64,67,68,69)/b10-8-,16-14-,21-19+,22-20-,25-24-,48-46+,56-54+. The number of hydrogen-bond donors (Lipinski definition) is 2. The van der Waals surface area contributed by atoms with Gasteiger partial charge in [-0.3, -0.25) is 9.36 Å². The van der Waals surface area contributed by atoms with Crippen LogP contribution in [0.3, 0.4) is 0 Å². The number of hydrogen-bond acceptors (Lipinski definition) is 6. The number of unbranched alkanes of at least 4 members (excludes halogenated alkanes) is 29. The SMILES string of the molecule is CC/C=C\C/C=C\C/C=C\C/C=C\CCCCCCCCCCCCCCCCCCCCCCCCC(=O)NC(COP(=O)([O-])OCC[N+](C)(C)C)C(O)/C=C/CC/C=C/CC/C=C/CCCCCCC. The highest BCUT2D eigenvalue weighted by molar-refractivity contribution is 7.45. The van der Waals surface area contributed by atoms with Crippen LogP contribution < -0.4 is 10.2 Å². The third-order valence-corrected chi connectivity index (χ3v) is 14.0. The fourth-order valence-electron chi connectivity index (χ4n) is 8.41. The predicted molar refractivity (Wildman–Crippen MR) is 311 cm³/mol. The van der Waals surface area contributed by atoms with Crippen molar-refractivity contribution in [2.24, 2.45) is 0 Å². The second kappa shape index (κ2) is 53.5. The number of allylic oxidation sites excluding steroid dienone is 13. The molecule has 8 nitrogen and oxygen atoms in total. The smallest absolute Gasteiger partial charge is 0.268 e. The van der Waals surface area contributed by atoms with Gasteiger partial charge in [-0.05, 0) is 83.5 Å². The summed E-state index contributed by atoms with van der Waals surface area (Å²) in [6.45, 7) is 4.50. The molecular weight excluding hydrogens is 912 g/mol. The predicted octanol–water partition coefficient (Wildman–Crippen LogP) is 17.8. The van der Waals surface area contributed by atoms with Crippen LogP contribution in [-0.2, 0) is 18.4 Å². The summed E-state index contributed by atoms with van der Waals surface area (Å²) in [4.78, 5) is 25.5. The lowest BCUT2D eigenvalue weighted by molar-refractivity contribution is -0.870. The Labute approximate surface area is 446 Å². The molecule has 9 heteroatoms. The first kappa shape index (κ1) is 69.7. The molecule has 0 aromatic rings. The fourth-order valence-corrected chi connectivity index (χ4v) is 9.14. The molecule has 0 aliphatic carbocycles. The first-order valence-electron chi connectivity index (χ1n) is 29.9. The van der Waals surface area contributed by atoms with Gasteiger partial charge in [0.05, 0.1) is 39.9 Å². The van der Waals surface area contributed by atoms with Gasteiger partial charge >= 0.3 is 0 Å². The van der Waals surface area contributed by atoms with Crippen molar-refractivity contribution in [2.45, 2.75) is 270 Å². The third-order valence-electron chi connectivity index (χ3n) is 13.1. The molecule has 0 aromatic heterocycles. The van der Waals surface area contributed by atoms with E-state index in [2.05, 4.69) is 92.1 Å². The molecule has 72 heavy (non-hydrogen) atoms. The van der Waals surface area contributed by atoms with Crippen LogP contribution in [0.4, 0.5) is 0 Å². The number of amides is 1. The minimum absolute atomic E-state index is 0.0103. The highest BCUT2D eigenvalue weighted by atomic mass is 31.2. The molecule has 0 fully saturated rings. The van der Waals surface area contributed by atoms with E-state index in [1.165, 1.54) is 167 Å². The summed E-state index contributed by atoms with van der Waals surface area (Å²) in [5, 5.41) is 13.8. The van der Waals surface area contributed by atoms with E-state index in [-0.39, 0.29) is 12.5 Å². The number of carbonyl (C=O) groups excluding carboxylic acids is 1. The number of rotatable bonds is 54. The Bertz CT molecular complexity index is 1450. The molecule has 1 amide bonds. The summed E-state index contributed by atoms with van der Waals surface area (Å²) in [6, 6.07) is -0.911.